The van der Waals surface area contributed by atoms with E-state index in [0.29, 0.717) is 0 Å². The van der Waals surface area contributed by atoms with Gasteiger partial charge in [0.25, 0.3) is 0 Å². The quantitative estimate of drug-likeness (QED) is 0.147. The first kappa shape index (κ1) is 39.6. The van der Waals surface area contributed by atoms with Crippen LogP contribution in [0.25, 0.3) is 77.9 Å². The molecule has 0 amide bonds. The molecular weight excluding hydrogens is 819 g/mol. The van der Waals surface area contributed by atoms with Crippen LogP contribution in [0.1, 0.15) is 22.3 Å². The Balaban J connectivity index is 1.08. The first-order valence-electron chi connectivity index (χ1n) is 23.6. The molecule has 0 aliphatic heterocycles. The van der Waals surface area contributed by atoms with Crippen molar-refractivity contribution >= 4 is 17.1 Å². The molecule has 0 N–H and O–H groups in total. The highest BCUT2D eigenvalue weighted by Crippen LogP contribution is 2.63. The van der Waals surface area contributed by atoms with Crippen LogP contribution in [0, 0.1) is 0 Å². The molecule has 318 valence electrons. The molecule has 68 heavy (non-hydrogen) atoms. The van der Waals surface area contributed by atoms with Gasteiger partial charge in [-0.2, -0.15) is 0 Å². The fourth-order valence-corrected chi connectivity index (χ4v) is 11.4. The van der Waals surface area contributed by atoms with Crippen LogP contribution in [-0.4, -0.2) is 0 Å². The number of rotatable bonds is 8. The third-order valence-corrected chi connectivity index (χ3v) is 14.3. The maximum absolute atomic E-state index is 2.51. The van der Waals surface area contributed by atoms with Crippen LogP contribution in [-0.2, 0) is 5.41 Å². The molecule has 0 saturated carbocycles. The van der Waals surface area contributed by atoms with Crippen LogP contribution in [0.2, 0.25) is 0 Å². The van der Waals surface area contributed by atoms with Gasteiger partial charge in [-0.1, -0.05) is 237 Å². The van der Waals surface area contributed by atoms with Crippen molar-refractivity contribution in [3.63, 3.8) is 0 Å². The summed E-state index contributed by atoms with van der Waals surface area (Å²) >= 11 is 0. The van der Waals surface area contributed by atoms with Gasteiger partial charge in [-0.25, -0.2) is 0 Å². The monoisotopic (exact) mass is 863 g/mol. The Kier molecular flexibility index (Phi) is 9.47. The number of hydrogen-bond acceptors (Lipinski definition) is 1. The standard InChI is InChI=1S/C67H45N/c1-4-22-46(23-5-1)49-42-50(47-24-6-2-7-25-47)44-52(43-49)68(66-39-21-17-35-60(66)56-31-13-12-30-55(56)54-29-11-10-28-53(54)48-26-8-3-9-27-48)51-40-41-65-61(45-51)59-34-16-20-38-64(59)67(65)62-36-18-14-32-57(62)58-33-15-19-37-63(58)67/h1-45H. The zero-order valence-corrected chi connectivity index (χ0v) is 37.4. The van der Waals surface area contributed by atoms with Gasteiger partial charge in [-0.05, 0) is 131 Å². The molecule has 0 aromatic heterocycles. The van der Waals surface area contributed by atoms with E-state index >= 15 is 0 Å². The van der Waals surface area contributed by atoms with Crippen molar-refractivity contribution in [2.24, 2.45) is 0 Å². The minimum absolute atomic E-state index is 0.431. The Labute approximate surface area is 398 Å². The molecule has 2 aliphatic rings. The first-order valence-corrected chi connectivity index (χ1v) is 23.6. The second-order valence-corrected chi connectivity index (χ2v) is 17.9. The topological polar surface area (TPSA) is 3.24 Å². The summed E-state index contributed by atoms with van der Waals surface area (Å²) in [5.41, 5.74) is 25.1. The highest BCUT2D eigenvalue weighted by molar-refractivity contribution is 6.00. The van der Waals surface area contributed by atoms with Gasteiger partial charge in [0, 0.05) is 16.9 Å². The second-order valence-electron chi connectivity index (χ2n) is 17.9. The molecule has 11 aromatic carbocycles. The van der Waals surface area contributed by atoms with E-state index in [1.165, 1.54) is 83.5 Å². The van der Waals surface area contributed by atoms with E-state index in [0.717, 1.165) is 33.8 Å². The van der Waals surface area contributed by atoms with E-state index < -0.39 is 5.41 Å². The Morgan fingerprint density at radius 1 is 0.206 bits per heavy atom. The maximum atomic E-state index is 2.51. The van der Waals surface area contributed by atoms with Crippen molar-refractivity contribution in [3.05, 3.63) is 295 Å². The summed E-state index contributed by atoms with van der Waals surface area (Å²) in [6, 6.07) is 101. The summed E-state index contributed by atoms with van der Waals surface area (Å²) < 4.78 is 0. The Morgan fingerprint density at radius 3 is 1.10 bits per heavy atom. The molecule has 0 heterocycles. The number of hydrogen-bond donors (Lipinski definition) is 0. The molecule has 0 radical (unpaired) electrons. The summed E-state index contributed by atoms with van der Waals surface area (Å²) in [7, 11) is 0. The van der Waals surface area contributed by atoms with E-state index in [1.54, 1.807) is 0 Å². The molecule has 11 aromatic rings. The minimum atomic E-state index is -0.431. The summed E-state index contributed by atoms with van der Waals surface area (Å²) in [5, 5.41) is 0. The maximum Gasteiger partial charge on any atom is 0.0725 e. The minimum Gasteiger partial charge on any atom is -0.310 e. The SMILES string of the molecule is c1ccc(-c2cc(-c3ccccc3)cc(N(c3ccc4c(c3)-c3ccccc3C43c4ccccc4-c4ccccc43)c3ccccc3-c3ccccc3-c3ccccc3-c3ccccc3)c2)cc1. The normalized spacial score (nSPS) is 12.5. The number of para-hydroxylation sites is 1. The number of nitrogens with zero attached hydrogens (tertiary/aromatic N) is 1. The number of fused-ring (bicyclic) bond motifs is 10. The van der Waals surface area contributed by atoms with Crippen LogP contribution in [0.5, 0.6) is 0 Å². The van der Waals surface area contributed by atoms with Gasteiger partial charge in [0.2, 0.25) is 0 Å². The Hall–Kier alpha value is -8.78. The van der Waals surface area contributed by atoms with Crippen LogP contribution >= 0.6 is 0 Å². The van der Waals surface area contributed by atoms with Gasteiger partial charge in [0.15, 0.2) is 0 Å². The average molecular weight is 864 g/mol. The van der Waals surface area contributed by atoms with Gasteiger partial charge < -0.3 is 4.90 Å². The number of anilines is 3. The first-order chi connectivity index (χ1) is 33.8. The second kappa shape index (κ2) is 16.3. The lowest BCUT2D eigenvalue weighted by molar-refractivity contribution is 0.794. The lowest BCUT2D eigenvalue weighted by Crippen LogP contribution is -2.25. The van der Waals surface area contributed by atoms with Crippen LogP contribution in [0.15, 0.2) is 273 Å². The number of benzene rings is 11. The molecule has 0 atom stereocenters. The molecule has 1 spiro atoms. The average Bonchev–Trinajstić information content (AvgIpc) is 3.89. The highest BCUT2D eigenvalue weighted by atomic mass is 15.1. The van der Waals surface area contributed by atoms with E-state index in [2.05, 4.69) is 278 Å². The predicted molar refractivity (Wildman–Crippen MR) is 285 cm³/mol. The molecule has 0 bridgehead atoms. The molecule has 0 unspecified atom stereocenters. The molecule has 0 saturated heterocycles. The fraction of sp³-hybridized carbons (Fsp3) is 0.0149. The van der Waals surface area contributed by atoms with E-state index in [1.807, 2.05) is 0 Å². The van der Waals surface area contributed by atoms with Gasteiger partial charge in [0.1, 0.15) is 0 Å². The summed E-state index contributed by atoms with van der Waals surface area (Å²) in [5.74, 6) is 0. The zero-order chi connectivity index (χ0) is 45.0. The van der Waals surface area contributed by atoms with Gasteiger partial charge in [0.05, 0.1) is 11.1 Å². The Morgan fingerprint density at radius 2 is 0.574 bits per heavy atom. The zero-order valence-electron chi connectivity index (χ0n) is 37.4. The van der Waals surface area contributed by atoms with Gasteiger partial charge in [-0.3, -0.25) is 0 Å². The van der Waals surface area contributed by atoms with Crippen molar-refractivity contribution in [2.75, 3.05) is 4.90 Å². The summed E-state index contributed by atoms with van der Waals surface area (Å²) in [6.45, 7) is 0. The van der Waals surface area contributed by atoms with Crippen molar-refractivity contribution in [1.29, 1.82) is 0 Å². The molecule has 1 heteroatoms. The van der Waals surface area contributed by atoms with Gasteiger partial charge >= 0.3 is 0 Å². The van der Waals surface area contributed by atoms with Gasteiger partial charge in [-0.15, -0.1) is 0 Å². The lowest BCUT2D eigenvalue weighted by Gasteiger charge is -2.32. The van der Waals surface area contributed by atoms with E-state index in [-0.39, 0.29) is 0 Å². The fourth-order valence-electron chi connectivity index (χ4n) is 11.4. The smallest absolute Gasteiger partial charge is 0.0725 e. The highest BCUT2D eigenvalue weighted by Gasteiger charge is 2.51. The van der Waals surface area contributed by atoms with Crippen molar-refractivity contribution in [3.8, 4) is 77.9 Å². The Bertz CT molecular complexity index is 3580. The predicted octanol–water partition coefficient (Wildman–Crippen LogP) is 17.8. The van der Waals surface area contributed by atoms with E-state index in [4.69, 9.17) is 0 Å². The molecular formula is C67H45N. The van der Waals surface area contributed by atoms with Crippen molar-refractivity contribution < 1.29 is 0 Å². The largest absolute Gasteiger partial charge is 0.310 e. The van der Waals surface area contributed by atoms with Crippen LogP contribution < -0.4 is 4.90 Å². The van der Waals surface area contributed by atoms with Crippen molar-refractivity contribution in [1.82, 2.24) is 0 Å². The summed E-state index contributed by atoms with van der Waals surface area (Å²) in [6.07, 6.45) is 0. The lowest BCUT2D eigenvalue weighted by atomic mass is 9.70. The van der Waals surface area contributed by atoms with Crippen LogP contribution in [0.3, 0.4) is 0 Å². The van der Waals surface area contributed by atoms with Crippen LogP contribution in [0.4, 0.5) is 17.1 Å². The van der Waals surface area contributed by atoms with E-state index in [9.17, 15) is 0 Å². The summed E-state index contributed by atoms with van der Waals surface area (Å²) in [4.78, 5) is 2.51. The molecule has 13 rings (SSSR count). The molecule has 0 fully saturated rings. The third kappa shape index (κ3) is 6.24. The molecule has 1 nitrogen and oxygen atoms in total. The third-order valence-electron chi connectivity index (χ3n) is 14.3. The molecule has 2 aliphatic carbocycles. The van der Waals surface area contributed by atoms with Crippen molar-refractivity contribution in [2.45, 2.75) is 5.41 Å².